The van der Waals surface area contributed by atoms with Crippen molar-refractivity contribution >= 4 is 46.3 Å². The number of amidine groups is 1. The Hall–Kier alpha value is -3.18. The van der Waals surface area contributed by atoms with Crippen LogP contribution in [0.25, 0.3) is 5.57 Å². The highest BCUT2D eigenvalue weighted by Crippen LogP contribution is 2.47. The van der Waals surface area contributed by atoms with Gasteiger partial charge in [-0.2, -0.15) is 0 Å². The average Bonchev–Trinajstić information content (AvgIpc) is 3.44. The third-order valence-electron chi connectivity index (χ3n) is 6.41. The van der Waals surface area contributed by atoms with Crippen molar-refractivity contribution in [3.8, 4) is 0 Å². The van der Waals surface area contributed by atoms with Gasteiger partial charge in [-0.25, -0.2) is 4.79 Å². The smallest absolute Gasteiger partial charge is 0.358 e. The summed E-state index contributed by atoms with van der Waals surface area (Å²) in [6.07, 6.45) is -0.323. The largest absolute Gasteiger partial charge is 0.427 e. The third-order valence-corrected chi connectivity index (χ3v) is 7.30. The van der Waals surface area contributed by atoms with E-state index in [0.29, 0.717) is 29.3 Å². The lowest BCUT2D eigenvalue weighted by Crippen LogP contribution is -2.61. The number of rotatable bonds is 7. The molecule has 11 heteroatoms. The van der Waals surface area contributed by atoms with Crippen LogP contribution in [0.15, 0.2) is 35.0 Å². The molecule has 37 heavy (non-hydrogen) atoms. The predicted octanol–water partition coefficient (Wildman–Crippen LogP) is 1.86. The second-order valence-electron chi connectivity index (χ2n) is 10.3. The van der Waals surface area contributed by atoms with Gasteiger partial charge in [0, 0.05) is 5.75 Å². The Morgan fingerprint density at radius 1 is 1.22 bits per heavy atom. The fraction of sp³-hybridized carbons (Fsp3) is 0.500. The highest BCUT2D eigenvalue weighted by Gasteiger charge is 2.57. The molecular formula is C26H31N3O7S. The summed E-state index contributed by atoms with van der Waals surface area (Å²) in [5.74, 6) is -1.57. The van der Waals surface area contributed by atoms with E-state index in [9.17, 15) is 24.3 Å². The van der Waals surface area contributed by atoms with Crippen molar-refractivity contribution in [3.63, 3.8) is 0 Å². The zero-order valence-electron chi connectivity index (χ0n) is 21.3. The molecule has 2 N–H and O–H groups in total. The standard InChI is InChI=1S/C26H31N3O7S/c1-14(30)20-18-12-17(16-7-5-15(6-8-16)11-19(31)28-25-27-9-10-37-25)21(29(18)22(20)32)23(33)35-13-36-24(34)26(2,3)4/h5-8,14,18,20,30H,9-13H2,1-4H3,(H,27,28,31)/t14-,18-,20-/m1/s1. The van der Waals surface area contributed by atoms with Gasteiger partial charge in [0.25, 0.3) is 0 Å². The first-order valence-electron chi connectivity index (χ1n) is 12.1. The summed E-state index contributed by atoms with van der Waals surface area (Å²) in [4.78, 5) is 55.7. The maximum absolute atomic E-state index is 13.1. The van der Waals surface area contributed by atoms with Gasteiger partial charge in [0.15, 0.2) is 5.17 Å². The van der Waals surface area contributed by atoms with Crippen molar-refractivity contribution in [2.24, 2.45) is 16.3 Å². The SMILES string of the molecule is C[C@@H](O)[C@H]1C(=O)N2C(C(=O)OCOC(=O)C(C)(C)C)=C(c3ccc(CC(=O)NC4=NCCS4)cc3)C[C@H]12. The lowest BCUT2D eigenvalue weighted by molar-refractivity contribution is -0.175. The van der Waals surface area contributed by atoms with Gasteiger partial charge >= 0.3 is 11.9 Å². The number of carbonyl (C=O) groups is 4. The second kappa shape index (κ2) is 10.7. The van der Waals surface area contributed by atoms with E-state index in [1.165, 1.54) is 16.7 Å². The monoisotopic (exact) mass is 529 g/mol. The fourth-order valence-electron chi connectivity index (χ4n) is 4.52. The third kappa shape index (κ3) is 5.72. The number of β-lactam (4-membered cyclic amide) rings is 1. The number of aliphatic imine (C=N–C) groups is 1. The van der Waals surface area contributed by atoms with Crippen LogP contribution in [0.4, 0.5) is 0 Å². The molecule has 0 bridgehead atoms. The van der Waals surface area contributed by atoms with E-state index in [1.54, 1.807) is 52.0 Å². The first kappa shape index (κ1) is 26.9. The Kier molecular flexibility index (Phi) is 7.75. The van der Waals surface area contributed by atoms with E-state index in [4.69, 9.17) is 9.47 Å². The molecule has 0 aromatic heterocycles. The molecule has 3 aliphatic rings. The van der Waals surface area contributed by atoms with E-state index < -0.39 is 36.2 Å². The van der Waals surface area contributed by atoms with Gasteiger partial charge in [-0.15, -0.1) is 0 Å². The highest BCUT2D eigenvalue weighted by atomic mass is 32.2. The molecule has 3 atom stereocenters. The van der Waals surface area contributed by atoms with Crippen LogP contribution in [0.3, 0.4) is 0 Å². The number of carbonyl (C=O) groups excluding carboxylic acids is 4. The number of aliphatic hydroxyl groups excluding tert-OH is 1. The average molecular weight is 530 g/mol. The molecule has 1 aromatic carbocycles. The highest BCUT2D eigenvalue weighted by molar-refractivity contribution is 8.14. The van der Waals surface area contributed by atoms with Gasteiger partial charge in [0.05, 0.1) is 36.4 Å². The molecule has 3 aliphatic heterocycles. The van der Waals surface area contributed by atoms with Crippen LogP contribution in [-0.2, 0) is 35.1 Å². The number of thioether (sulfide) groups is 1. The minimum Gasteiger partial charge on any atom is -0.427 e. The van der Waals surface area contributed by atoms with Gasteiger partial charge < -0.3 is 24.8 Å². The Bertz CT molecular complexity index is 1170. The van der Waals surface area contributed by atoms with Crippen LogP contribution < -0.4 is 5.32 Å². The molecule has 10 nitrogen and oxygen atoms in total. The number of aliphatic hydroxyl groups is 1. The van der Waals surface area contributed by atoms with Crippen LogP contribution in [-0.4, -0.2) is 70.2 Å². The molecule has 1 fully saturated rings. The summed E-state index contributed by atoms with van der Waals surface area (Å²) in [5, 5.41) is 13.5. The Labute approximate surface area is 219 Å². The molecular weight excluding hydrogens is 498 g/mol. The zero-order chi connectivity index (χ0) is 26.9. The first-order valence-corrected chi connectivity index (χ1v) is 13.1. The molecule has 3 heterocycles. The number of ether oxygens (including phenoxy) is 2. The van der Waals surface area contributed by atoms with Crippen molar-refractivity contribution in [2.45, 2.75) is 52.7 Å². The fourth-order valence-corrected chi connectivity index (χ4v) is 5.27. The van der Waals surface area contributed by atoms with Crippen LogP contribution in [0.1, 0.15) is 45.2 Å². The number of amides is 2. The van der Waals surface area contributed by atoms with Crippen molar-refractivity contribution in [3.05, 3.63) is 41.1 Å². The van der Waals surface area contributed by atoms with Gasteiger partial charge in [-0.1, -0.05) is 36.0 Å². The number of benzene rings is 1. The summed E-state index contributed by atoms with van der Waals surface area (Å²) >= 11 is 1.51. The van der Waals surface area contributed by atoms with Gasteiger partial charge in [0.2, 0.25) is 18.6 Å². The molecule has 2 amide bonds. The Morgan fingerprint density at radius 3 is 2.51 bits per heavy atom. The van der Waals surface area contributed by atoms with Crippen molar-refractivity contribution in [1.82, 2.24) is 10.2 Å². The summed E-state index contributed by atoms with van der Waals surface area (Å²) in [7, 11) is 0. The second-order valence-corrected chi connectivity index (χ2v) is 11.3. The van der Waals surface area contributed by atoms with Crippen LogP contribution in [0.2, 0.25) is 0 Å². The Morgan fingerprint density at radius 2 is 1.92 bits per heavy atom. The molecule has 0 aliphatic carbocycles. The van der Waals surface area contributed by atoms with E-state index >= 15 is 0 Å². The van der Waals surface area contributed by atoms with Gasteiger partial charge in [0.1, 0.15) is 5.70 Å². The zero-order valence-corrected chi connectivity index (χ0v) is 22.1. The van der Waals surface area contributed by atoms with E-state index in [2.05, 4.69) is 10.3 Å². The van der Waals surface area contributed by atoms with Crippen molar-refractivity contribution in [1.29, 1.82) is 0 Å². The maximum atomic E-state index is 13.1. The number of fused-ring (bicyclic) bond motifs is 1. The lowest BCUT2D eigenvalue weighted by Gasteiger charge is -2.44. The molecule has 1 aromatic rings. The van der Waals surface area contributed by atoms with Crippen LogP contribution in [0, 0.1) is 11.3 Å². The number of nitrogens with zero attached hydrogens (tertiary/aromatic N) is 2. The molecule has 1 saturated heterocycles. The van der Waals surface area contributed by atoms with Gasteiger partial charge in [-0.3, -0.25) is 19.4 Å². The van der Waals surface area contributed by atoms with Crippen molar-refractivity contribution in [2.75, 3.05) is 19.1 Å². The molecule has 0 spiro atoms. The topological polar surface area (TPSA) is 135 Å². The minimum absolute atomic E-state index is 0.0838. The normalized spacial score (nSPS) is 21.7. The van der Waals surface area contributed by atoms with E-state index in [-0.39, 0.29) is 30.0 Å². The molecule has 198 valence electrons. The maximum Gasteiger partial charge on any atom is 0.358 e. The quantitative estimate of drug-likeness (QED) is 0.311. The number of nitrogens with one attached hydrogen (secondary N) is 1. The van der Waals surface area contributed by atoms with Crippen LogP contribution >= 0.6 is 11.8 Å². The molecule has 0 radical (unpaired) electrons. The van der Waals surface area contributed by atoms with Gasteiger partial charge in [-0.05, 0) is 50.8 Å². The summed E-state index contributed by atoms with van der Waals surface area (Å²) < 4.78 is 10.3. The number of hydrogen-bond acceptors (Lipinski definition) is 9. The molecule has 0 saturated carbocycles. The predicted molar refractivity (Wildman–Crippen MR) is 137 cm³/mol. The summed E-state index contributed by atoms with van der Waals surface area (Å²) in [6.45, 7) is 6.73. The summed E-state index contributed by atoms with van der Waals surface area (Å²) in [5.41, 5.74) is 1.41. The van der Waals surface area contributed by atoms with Crippen LogP contribution in [0.5, 0.6) is 0 Å². The first-order chi connectivity index (χ1) is 17.5. The van der Waals surface area contributed by atoms with Crippen molar-refractivity contribution < 1.29 is 33.8 Å². The lowest BCUT2D eigenvalue weighted by atomic mass is 9.82. The number of hydrogen-bond donors (Lipinski definition) is 2. The minimum atomic E-state index is -0.860. The summed E-state index contributed by atoms with van der Waals surface area (Å²) in [6, 6.07) is 6.81. The molecule has 4 rings (SSSR count). The van der Waals surface area contributed by atoms with E-state index in [1.807, 2.05) is 0 Å². The Balaban J connectivity index is 1.50. The molecule has 0 unspecified atom stereocenters. The van der Waals surface area contributed by atoms with E-state index in [0.717, 1.165) is 11.3 Å². The number of esters is 2.